The smallest absolute Gasteiger partial charge is 0.105 e. The van der Waals surface area contributed by atoms with Gasteiger partial charge >= 0.3 is 0 Å². The SMILES string of the molecule is CC(C)C1[C@@H]2C[C@@H]2[C@H](CF)N1C(C)(C)C. The van der Waals surface area contributed by atoms with Crippen LogP contribution in [0.15, 0.2) is 0 Å². The molecule has 2 fully saturated rings. The van der Waals surface area contributed by atoms with E-state index in [1.54, 1.807) is 0 Å². The van der Waals surface area contributed by atoms with Gasteiger partial charge in [-0.2, -0.15) is 0 Å². The van der Waals surface area contributed by atoms with E-state index in [4.69, 9.17) is 0 Å². The van der Waals surface area contributed by atoms with Crippen molar-refractivity contribution in [1.82, 2.24) is 4.90 Å². The van der Waals surface area contributed by atoms with Gasteiger partial charge in [0.25, 0.3) is 0 Å². The van der Waals surface area contributed by atoms with Crippen LogP contribution in [0.4, 0.5) is 4.39 Å². The fourth-order valence-electron chi connectivity index (χ4n) is 3.65. The van der Waals surface area contributed by atoms with Crippen molar-refractivity contribution >= 4 is 0 Å². The summed E-state index contributed by atoms with van der Waals surface area (Å²) in [7, 11) is 0. The Morgan fingerprint density at radius 3 is 2.27 bits per heavy atom. The first kappa shape index (κ1) is 11.4. The molecule has 2 rings (SSSR count). The third-order valence-corrected chi connectivity index (χ3v) is 4.12. The van der Waals surface area contributed by atoms with Crippen LogP contribution >= 0.6 is 0 Å². The summed E-state index contributed by atoms with van der Waals surface area (Å²) in [4.78, 5) is 2.45. The molecule has 0 spiro atoms. The molecule has 1 saturated heterocycles. The highest BCUT2D eigenvalue weighted by atomic mass is 19.1. The van der Waals surface area contributed by atoms with E-state index in [0.29, 0.717) is 17.9 Å². The minimum Gasteiger partial charge on any atom is -0.289 e. The van der Waals surface area contributed by atoms with E-state index >= 15 is 0 Å². The lowest BCUT2D eigenvalue weighted by atomic mass is 9.94. The third kappa shape index (κ3) is 1.71. The van der Waals surface area contributed by atoms with Crippen molar-refractivity contribution in [1.29, 1.82) is 0 Å². The van der Waals surface area contributed by atoms with Crippen molar-refractivity contribution in [3.63, 3.8) is 0 Å². The van der Waals surface area contributed by atoms with Crippen molar-refractivity contribution in [2.45, 2.75) is 58.7 Å². The van der Waals surface area contributed by atoms with E-state index in [-0.39, 0.29) is 18.3 Å². The average Bonchev–Trinajstić information content (AvgIpc) is 2.77. The Labute approximate surface area is 93.0 Å². The van der Waals surface area contributed by atoms with Gasteiger partial charge in [-0.25, -0.2) is 4.39 Å². The van der Waals surface area contributed by atoms with Gasteiger partial charge < -0.3 is 0 Å². The van der Waals surface area contributed by atoms with Gasteiger partial charge in [0.2, 0.25) is 0 Å². The second-order valence-electron chi connectivity index (χ2n) is 6.60. The highest BCUT2D eigenvalue weighted by Gasteiger charge is 2.61. The molecule has 1 saturated carbocycles. The summed E-state index contributed by atoms with van der Waals surface area (Å²) in [5.74, 6) is 2.09. The van der Waals surface area contributed by atoms with Gasteiger partial charge in [-0.05, 0) is 44.9 Å². The summed E-state index contributed by atoms with van der Waals surface area (Å²) in [6.45, 7) is 11.0. The molecule has 4 atom stereocenters. The Kier molecular flexibility index (Phi) is 2.61. The lowest BCUT2D eigenvalue weighted by Crippen LogP contribution is -2.53. The molecule has 0 radical (unpaired) electrons. The second-order valence-corrected chi connectivity index (χ2v) is 6.60. The minimum atomic E-state index is -0.165. The third-order valence-electron chi connectivity index (χ3n) is 4.12. The van der Waals surface area contributed by atoms with Crippen LogP contribution in [0.25, 0.3) is 0 Å². The maximum absolute atomic E-state index is 13.2. The molecule has 0 N–H and O–H groups in total. The maximum atomic E-state index is 13.2. The van der Waals surface area contributed by atoms with Gasteiger partial charge in [0, 0.05) is 17.6 Å². The van der Waals surface area contributed by atoms with Crippen LogP contribution in [-0.4, -0.2) is 29.2 Å². The molecule has 0 aromatic heterocycles. The number of hydrogen-bond donors (Lipinski definition) is 0. The first-order valence-electron chi connectivity index (χ1n) is 6.22. The lowest BCUT2D eigenvalue weighted by Gasteiger charge is -2.44. The number of alkyl halides is 1. The van der Waals surface area contributed by atoms with E-state index in [2.05, 4.69) is 39.5 Å². The van der Waals surface area contributed by atoms with Gasteiger partial charge in [-0.1, -0.05) is 13.8 Å². The van der Waals surface area contributed by atoms with Crippen LogP contribution in [0.5, 0.6) is 0 Å². The molecule has 1 unspecified atom stereocenters. The van der Waals surface area contributed by atoms with Crippen LogP contribution < -0.4 is 0 Å². The van der Waals surface area contributed by atoms with Crippen molar-refractivity contribution in [3.8, 4) is 0 Å². The zero-order valence-electron chi connectivity index (χ0n) is 10.6. The highest BCUT2D eigenvalue weighted by Crippen LogP contribution is 2.57. The number of hydrogen-bond acceptors (Lipinski definition) is 1. The fourth-order valence-corrected chi connectivity index (χ4v) is 3.65. The molecule has 2 heteroatoms. The minimum absolute atomic E-state index is 0.110. The van der Waals surface area contributed by atoms with E-state index in [0.717, 1.165) is 5.92 Å². The quantitative estimate of drug-likeness (QED) is 0.681. The first-order valence-corrected chi connectivity index (χ1v) is 6.22. The van der Waals surface area contributed by atoms with Crippen LogP contribution in [-0.2, 0) is 0 Å². The van der Waals surface area contributed by atoms with E-state index in [1.165, 1.54) is 6.42 Å². The second kappa shape index (κ2) is 3.44. The van der Waals surface area contributed by atoms with Crippen LogP contribution in [0.3, 0.4) is 0 Å². The molecule has 0 aromatic carbocycles. The molecule has 2 aliphatic rings. The topological polar surface area (TPSA) is 3.24 Å². The van der Waals surface area contributed by atoms with Crippen LogP contribution in [0.1, 0.15) is 41.0 Å². The largest absolute Gasteiger partial charge is 0.289 e. The first-order chi connectivity index (χ1) is 6.88. The number of likely N-dealkylation sites (tertiary alicyclic amines) is 1. The predicted octanol–water partition coefficient (Wildman–Crippen LogP) is 3.10. The zero-order chi connectivity index (χ0) is 11.4. The Balaban J connectivity index is 2.23. The molecule has 1 aliphatic heterocycles. The standard InChI is InChI=1S/C13H24FN/c1-8(2)12-10-6-9(10)11(7-14)15(12)13(3,4)5/h8-12H,6-7H2,1-5H3/t9-,10+,11-,12?/m0/s1. The van der Waals surface area contributed by atoms with Gasteiger partial charge in [0.05, 0.1) is 0 Å². The molecule has 1 heterocycles. The number of nitrogens with zero attached hydrogens (tertiary/aromatic N) is 1. The van der Waals surface area contributed by atoms with Gasteiger partial charge in [-0.3, -0.25) is 4.90 Å². The summed E-state index contributed by atoms with van der Waals surface area (Å²) >= 11 is 0. The van der Waals surface area contributed by atoms with E-state index in [9.17, 15) is 4.39 Å². The van der Waals surface area contributed by atoms with Gasteiger partial charge in [0.1, 0.15) is 6.67 Å². The number of rotatable bonds is 2. The normalized spacial score (nSPS) is 41.0. The molecule has 1 nitrogen and oxygen atoms in total. The number of fused-ring (bicyclic) bond motifs is 1. The Bertz CT molecular complexity index is 243. The number of halogens is 1. The van der Waals surface area contributed by atoms with Crippen LogP contribution in [0.2, 0.25) is 0 Å². The summed E-state index contributed by atoms with van der Waals surface area (Å²) in [5.41, 5.74) is 0.110. The maximum Gasteiger partial charge on any atom is 0.105 e. The zero-order valence-corrected chi connectivity index (χ0v) is 10.6. The molecular weight excluding hydrogens is 189 g/mol. The van der Waals surface area contributed by atoms with Gasteiger partial charge in [-0.15, -0.1) is 0 Å². The molecule has 15 heavy (non-hydrogen) atoms. The van der Waals surface area contributed by atoms with Gasteiger partial charge in [0.15, 0.2) is 0 Å². The molecule has 88 valence electrons. The van der Waals surface area contributed by atoms with Crippen molar-refractivity contribution < 1.29 is 4.39 Å². The van der Waals surface area contributed by atoms with Crippen LogP contribution in [0, 0.1) is 17.8 Å². The summed E-state index contributed by atoms with van der Waals surface area (Å²) in [5, 5.41) is 0. The fraction of sp³-hybridized carbons (Fsp3) is 1.00. The Morgan fingerprint density at radius 1 is 1.27 bits per heavy atom. The Hall–Kier alpha value is -0.110. The van der Waals surface area contributed by atoms with Crippen molar-refractivity contribution in [2.75, 3.05) is 6.67 Å². The van der Waals surface area contributed by atoms with Crippen molar-refractivity contribution in [3.05, 3.63) is 0 Å². The predicted molar refractivity (Wildman–Crippen MR) is 61.6 cm³/mol. The summed E-state index contributed by atoms with van der Waals surface area (Å²) in [6, 6.07) is 0.804. The molecule has 0 aromatic rings. The monoisotopic (exact) mass is 213 g/mol. The average molecular weight is 213 g/mol. The van der Waals surface area contributed by atoms with E-state index < -0.39 is 0 Å². The molecule has 0 amide bonds. The lowest BCUT2D eigenvalue weighted by molar-refractivity contribution is 0.0228. The number of piperidine rings is 1. The van der Waals surface area contributed by atoms with Crippen molar-refractivity contribution in [2.24, 2.45) is 17.8 Å². The molecule has 1 aliphatic carbocycles. The molecule has 0 bridgehead atoms. The summed E-state index contributed by atoms with van der Waals surface area (Å²) in [6.07, 6.45) is 1.27. The molecular formula is C13H24FN. The van der Waals surface area contributed by atoms with E-state index in [1.807, 2.05) is 0 Å². The highest BCUT2D eigenvalue weighted by molar-refractivity contribution is 5.13. The summed E-state index contributed by atoms with van der Waals surface area (Å²) < 4.78 is 13.2. The Morgan fingerprint density at radius 2 is 1.87 bits per heavy atom.